The zero-order valence-corrected chi connectivity index (χ0v) is 75.4. The first-order chi connectivity index (χ1) is 67.0. The lowest BCUT2D eigenvalue weighted by Gasteiger charge is -2.33. The van der Waals surface area contributed by atoms with Crippen LogP contribution in [0, 0.1) is 0 Å². The van der Waals surface area contributed by atoms with E-state index in [9.17, 15) is 0 Å². The predicted molar refractivity (Wildman–Crippen MR) is 557 cm³/mol. The van der Waals surface area contributed by atoms with Gasteiger partial charge in [0.25, 0.3) is 0 Å². The first kappa shape index (κ1) is 80.6. The molecule has 18 aromatic carbocycles. The van der Waals surface area contributed by atoms with Gasteiger partial charge in [0, 0.05) is 93.8 Å². The number of benzene rings is 18. The Bertz CT molecular complexity index is 8580. The summed E-state index contributed by atoms with van der Waals surface area (Å²) in [5, 5.41) is 7.36. The van der Waals surface area contributed by atoms with Crippen molar-refractivity contribution in [3.63, 3.8) is 0 Å². The van der Waals surface area contributed by atoms with Gasteiger partial charge < -0.3 is 4.57 Å². The SMILES string of the molecule is CC1(C)c2ccccc2-c2cc3c(cc21)c1ccccc1n3-c1ccc(-c2nc(-c3ccccc3)nc(-c3ccccc3)n2)cc1.CC1(C)c2ccccc2-c2ccc3c4ccccc4n(-c4cc(-c5ccccc5)nc(-c5ccccc5)n4)c3c21.c1ccc(-c2cc(-c3ccccc3)nc(-n3c4ccccc4c4cc5c(cc43)-c3ccccc3C5(c3ccccc3)c3ccccc3)n2)cc1. The number of para-hydroxylation sites is 3. The van der Waals surface area contributed by atoms with Crippen molar-refractivity contribution < 1.29 is 0 Å². The molecule has 10 heteroatoms. The third-order valence-corrected chi connectivity index (χ3v) is 28.2. The van der Waals surface area contributed by atoms with Gasteiger partial charge in [-0.3, -0.25) is 9.13 Å². The summed E-state index contributed by atoms with van der Waals surface area (Å²) in [5.41, 5.74) is 35.4. The van der Waals surface area contributed by atoms with Crippen molar-refractivity contribution in [2.75, 3.05) is 0 Å². The molecule has 3 aliphatic carbocycles. The lowest BCUT2D eigenvalue weighted by molar-refractivity contribution is 0.661. The molecule has 0 amide bonds. The minimum atomic E-state index is -0.476. The van der Waals surface area contributed by atoms with Crippen LogP contribution in [0.5, 0.6) is 0 Å². The molecule has 24 aromatic rings. The first-order valence-electron chi connectivity index (χ1n) is 46.6. The second-order valence-corrected chi connectivity index (χ2v) is 36.6. The molecule has 0 N–H and O–H groups in total. The number of rotatable bonds is 12. The molecule has 0 aliphatic heterocycles. The van der Waals surface area contributed by atoms with Crippen molar-refractivity contribution in [1.82, 2.24) is 48.6 Å². The van der Waals surface area contributed by atoms with Gasteiger partial charge in [0.2, 0.25) is 5.95 Å². The van der Waals surface area contributed by atoms with Crippen LogP contribution in [0.3, 0.4) is 0 Å². The Kier molecular flexibility index (Phi) is 19.3. The van der Waals surface area contributed by atoms with Crippen LogP contribution in [0.25, 0.3) is 196 Å². The van der Waals surface area contributed by atoms with Crippen LogP contribution in [0.15, 0.2) is 461 Å². The molecule has 0 fully saturated rings. The van der Waals surface area contributed by atoms with Gasteiger partial charge in [-0.05, 0) is 151 Å². The van der Waals surface area contributed by atoms with E-state index >= 15 is 0 Å². The monoisotopic (exact) mass is 1740 g/mol. The fourth-order valence-electron chi connectivity index (χ4n) is 21.9. The number of fused-ring (bicyclic) bond motifs is 19. The molecule has 0 atom stereocenters. The molecule has 6 heterocycles. The summed E-state index contributed by atoms with van der Waals surface area (Å²) < 4.78 is 7.02. The van der Waals surface area contributed by atoms with E-state index in [0.717, 1.165) is 89.9 Å². The Hall–Kier alpha value is -17.5. The fraction of sp³-hybridized carbons (Fsp3) is 0.0556. The third-order valence-electron chi connectivity index (χ3n) is 28.2. The van der Waals surface area contributed by atoms with Gasteiger partial charge in [0.1, 0.15) is 5.82 Å². The van der Waals surface area contributed by atoms with Crippen LogP contribution in [0.2, 0.25) is 0 Å². The van der Waals surface area contributed by atoms with Gasteiger partial charge in [0.05, 0.1) is 55.6 Å². The molecule has 136 heavy (non-hydrogen) atoms. The minimum absolute atomic E-state index is 0.0489. The molecule has 0 radical (unpaired) electrons. The molecule has 0 spiro atoms. The smallest absolute Gasteiger partial charge is 0.235 e. The Morgan fingerprint density at radius 3 is 1.04 bits per heavy atom. The highest BCUT2D eigenvalue weighted by Gasteiger charge is 2.47. The van der Waals surface area contributed by atoms with Gasteiger partial charge in [-0.15, -0.1) is 0 Å². The van der Waals surface area contributed by atoms with Crippen LogP contribution in [-0.2, 0) is 16.2 Å². The van der Waals surface area contributed by atoms with E-state index in [2.05, 4.69) is 405 Å². The van der Waals surface area contributed by atoms with E-state index in [1.165, 1.54) is 127 Å². The van der Waals surface area contributed by atoms with E-state index < -0.39 is 5.41 Å². The maximum atomic E-state index is 5.29. The average molecular weight is 1740 g/mol. The minimum Gasteiger partial charge on any atom is -0.309 e. The Morgan fingerprint density at radius 2 is 0.551 bits per heavy atom. The van der Waals surface area contributed by atoms with Gasteiger partial charge in [-0.25, -0.2) is 34.9 Å². The van der Waals surface area contributed by atoms with Crippen molar-refractivity contribution in [2.45, 2.75) is 43.9 Å². The average Bonchev–Trinajstić information content (AvgIpc) is 1.52. The molecule has 6 aromatic heterocycles. The Labute approximate surface area is 788 Å². The van der Waals surface area contributed by atoms with Crippen LogP contribution in [-0.4, -0.2) is 48.6 Å². The molecule has 0 bridgehead atoms. The second kappa shape index (κ2) is 32.5. The van der Waals surface area contributed by atoms with E-state index in [4.69, 9.17) is 34.9 Å². The van der Waals surface area contributed by atoms with Crippen LogP contribution < -0.4 is 0 Å². The topological polar surface area (TPSA) is 105 Å². The number of hydrogen-bond donors (Lipinski definition) is 0. The van der Waals surface area contributed by atoms with E-state index in [0.29, 0.717) is 23.4 Å². The van der Waals surface area contributed by atoms with Crippen molar-refractivity contribution in [1.29, 1.82) is 0 Å². The Morgan fingerprint density at radius 1 is 0.199 bits per heavy atom. The number of aromatic nitrogens is 10. The second-order valence-electron chi connectivity index (χ2n) is 36.6. The molecule has 10 nitrogen and oxygen atoms in total. The molecule has 27 rings (SSSR count). The maximum Gasteiger partial charge on any atom is 0.235 e. The fourth-order valence-corrected chi connectivity index (χ4v) is 21.9. The van der Waals surface area contributed by atoms with Gasteiger partial charge in [-0.1, -0.05) is 410 Å². The standard InChI is InChI=1S/C47H31N3.C42H30N4.C37H27N3/c1-5-17-32(18-6-1)42-31-43(33-19-7-2-8-20-33)49-46(48-42)50-44-28-16-14-26-37(44)39-29-41-38(30-45(39)50)36-25-13-15-27-40(36)47(41,34-21-9-3-10-22-34)35-23-11-4-12-24-35;1-42(2)35-19-11-9-17-31(35)33-26-38-34(25-36(33)42)32-18-10-12-20-37(32)46(38)30-23-21-29(22-24-30)41-44-39(27-13-5-3-6-14-27)43-40(45-41)28-15-7-4-8-16-28;1-37(2)30-19-11-9-17-26(30)28-21-22-29-27-18-10-12-20-32(27)40(35(29)34(28)37)33-23-31(24-13-5-3-6-14-24)38-36(39-33)25-15-7-4-8-16-25/h1-31H;3-26H,1-2H3;3-23H,1-2H3. The summed E-state index contributed by atoms with van der Waals surface area (Å²) in [6, 6.07) is 163. The largest absolute Gasteiger partial charge is 0.309 e. The molecule has 3 aliphatic rings. The molecule has 0 saturated heterocycles. The normalized spacial score (nSPS) is 13.2. The summed E-state index contributed by atoms with van der Waals surface area (Å²) >= 11 is 0. The van der Waals surface area contributed by atoms with Crippen molar-refractivity contribution in [3.8, 4) is 130 Å². The highest BCUT2D eigenvalue weighted by atomic mass is 15.2. The van der Waals surface area contributed by atoms with Gasteiger partial charge >= 0.3 is 0 Å². The summed E-state index contributed by atoms with van der Waals surface area (Å²) in [6.45, 7) is 9.39. The van der Waals surface area contributed by atoms with Crippen molar-refractivity contribution in [2.24, 2.45) is 0 Å². The molecule has 0 unspecified atom stereocenters. The van der Waals surface area contributed by atoms with E-state index in [-0.39, 0.29) is 10.8 Å². The molecular weight excluding hydrogens is 1650 g/mol. The van der Waals surface area contributed by atoms with Crippen LogP contribution >= 0.6 is 0 Å². The quantitative estimate of drug-likeness (QED) is 0.120. The molecule has 0 saturated carbocycles. The first-order valence-corrected chi connectivity index (χ1v) is 46.6. The zero-order valence-electron chi connectivity index (χ0n) is 75.4. The lowest BCUT2D eigenvalue weighted by Crippen LogP contribution is -2.28. The summed E-state index contributed by atoms with van der Waals surface area (Å²) in [6.07, 6.45) is 0. The van der Waals surface area contributed by atoms with Gasteiger partial charge in [-0.2, -0.15) is 0 Å². The summed E-state index contributed by atoms with van der Waals surface area (Å²) in [4.78, 5) is 35.6. The zero-order chi connectivity index (χ0) is 90.7. The highest BCUT2D eigenvalue weighted by molar-refractivity contribution is 6.15. The number of hydrogen-bond acceptors (Lipinski definition) is 7. The van der Waals surface area contributed by atoms with Gasteiger partial charge in [0.15, 0.2) is 23.3 Å². The van der Waals surface area contributed by atoms with E-state index in [1.54, 1.807) is 0 Å². The summed E-state index contributed by atoms with van der Waals surface area (Å²) in [5.74, 6) is 4.22. The van der Waals surface area contributed by atoms with E-state index in [1.807, 2.05) is 97.1 Å². The van der Waals surface area contributed by atoms with Crippen molar-refractivity contribution in [3.05, 3.63) is 506 Å². The maximum absolute atomic E-state index is 5.29. The Balaban J connectivity index is 0.000000109. The molecular formula is C126H88N10. The highest BCUT2D eigenvalue weighted by Crippen LogP contribution is 2.59. The third kappa shape index (κ3) is 13.2. The number of nitrogens with zero attached hydrogens (tertiary/aromatic N) is 10. The lowest BCUT2D eigenvalue weighted by atomic mass is 9.67. The molecule has 642 valence electrons. The predicted octanol–water partition coefficient (Wildman–Crippen LogP) is 30.8. The summed E-state index contributed by atoms with van der Waals surface area (Å²) in [7, 11) is 0. The van der Waals surface area contributed by atoms with Crippen LogP contribution in [0.1, 0.15) is 72.2 Å². The van der Waals surface area contributed by atoms with Crippen LogP contribution in [0.4, 0.5) is 0 Å². The van der Waals surface area contributed by atoms with Crippen molar-refractivity contribution >= 4 is 65.4 Å².